The molecular weight excluding hydrogens is 285 g/mol. The second-order valence-electron chi connectivity index (χ2n) is 4.33. The van der Waals surface area contributed by atoms with Crippen LogP contribution in [0.25, 0.3) is 0 Å². The van der Waals surface area contributed by atoms with Crippen molar-refractivity contribution in [2.75, 3.05) is 6.54 Å². The number of hydrogen-bond acceptors (Lipinski definition) is 4. The summed E-state index contributed by atoms with van der Waals surface area (Å²) in [4.78, 5) is -0.0155. The van der Waals surface area contributed by atoms with Gasteiger partial charge < -0.3 is 9.52 Å². The Morgan fingerprint density at radius 1 is 1.40 bits per heavy atom. The third kappa shape index (κ3) is 3.24. The summed E-state index contributed by atoms with van der Waals surface area (Å²) in [6.45, 7) is 1.31. The number of furan rings is 1. The van der Waals surface area contributed by atoms with Crippen molar-refractivity contribution in [3.63, 3.8) is 0 Å². The summed E-state index contributed by atoms with van der Waals surface area (Å²) in [5.41, 5.74) is 0.777. The van der Waals surface area contributed by atoms with Crippen molar-refractivity contribution in [2.45, 2.75) is 17.9 Å². The maximum absolute atomic E-state index is 13.0. The van der Waals surface area contributed by atoms with Crippen LogP contribution in [0.1, 0.15) is 17.2 Å². The first-order valence-corrected chi connectivity index (χ1v) is 7.34. The SMILES string of the molecule is Cc1cc(F)ccc1S(=O)(=O)NCC(O)c1ccoc1. The van der Waals surface area contributed by atoms with Crippen molar-refractivity contribution >= 4 is 10.0 Å². The maximum Gasteiger partial charge on any atom is 0.240 e. The summed E-state index contributed by atoms with van der Waals surface area (Å²) in [6, 6.07) is 4.95. The van der Waals surface area contributed by atoms with E-state index in [1.807, 2.05) is 0 Å². The van der Waals surface area contributed by atoms with Gasteiger partial charge in [0.25, 0.3) is 0 Å². The van der Waals surface area contributed by atoms with Crippen LogP contribution in [0, 0.1) is 12.7 Å². The minimum absolute atomic E-state index is 0.0155. The quantitative estimate of drug-likeness (QED) is 0.881. The van der Waals surface area contributed by atoms with E-state index >= 15 is 0 Å². The monoisotopic (exact) mass is 299 g/mol. The molecule has 0 aliphatic carbocycles. The van der Waals surface area contributed by atoms with Crippen molar-refractivity contribution in [2.24, 2.45) is 0 Å². The number of aryl methyl sites for hydroxylation is 1. The van der Waals surface area contributed by atoms with Crippen LogP contribution in [-0.2, 0) is 10.0 Å². The van der Waals surface area contributed by atoms with Crippen LogP contribution in [0.4, 0.5) is 4.39 Å². The van der Waals surface area contributed by atoms with Gasteiger partial charge in [-0.3, -0.25) is 0 Å². The molecule has 1 unspecified atom stereocenters. The lowest BCUT2D eigenvalue weighted by molar-refractivity contribution is 0.181. The first-order chi connectivity index (χ1) is 9.40. The fraction of sp³-hybridized carbons (Fsp3) is 0.231. The summed E-state index contributed by atoms with van der Waals surface area (Å²) in [6.07, 6.45) is 1.71. The molecule has 108 valence electrons. The van der Waals surface area contributed by atoms with Gasteiger partial charge in [0.15, 0.2) is 0 Å². The van der Waals surface area contributed by atoms with Crippen LogP contribution in [-0.4, -0.2) is 20.1 Å². The van der Waals surface area contributed by atoms with Crippen molar-refractivity contribution < 1.29 is 22.3 Å². The molecule has 0 amide bonds. The van der Waals surface area contributed by atoms with E-state index in [1.54, 1.807) is 6.07 Å². The van der Waals surface area contributed by atoms with Crippen molar-refractivity contribution in [3.8, 4) is 0 Å². The zero-order valence-electron chi connectivity index (χ0n) is 10.7. The predicted octanol–water partition coefficient (Wildman–Crippen LogP) is 1.74. The van der Waals surface area contributed by atoms with Crippen LogP contribution < -0.4 is 4.72 Å². The summed E-state index contributed by atoms with van der Waals surface area (Å²) in [7, 11) is -3.80. The summed E-state index contributed by atoms with van der Waals surface area (Å²) in [5.74, 6) is -0.500. The Bertz CT molecular complexity index is 682. The van der Waals surface area contributed by atoms with Crippen LogP contribution in [0.2, 0.25) is 0 Å². The lowest BCUT2D eigenvalue weighted by atomic mass is 10.2. The van der Waals surface area contributed by atoms with Gasteiger partial charge in [0.05, 0.1) is 23.5 Å². The summed E-state index contributed by atoms with van der Waals surface area (Å²) < 4.78 is 44.2. The maximum atomic E-state index is 13.0. The molecular formula is C13H14FNO4S. The highest BCUT2D eigenvalue weighted by atomic mass is 32.2. The number of sulfonamides is 1. The highest BCUT2D eigenvalue weighted by Gasteiger charge is 2.19. The van der Waals surface area contributed by atoms with E-state index in [0.29, 0.717) is 11.1 Å². The fourth-order valence-corrected chi connectivity index (χ4v) is 3.03. The minimum atomic E-state index is -3.80. The fourth-order valence-electron chi connectivity index (χ4n) is 1.76. The molecule has 2 N–H and O–H groups in total. The molecule has 5 nitrogen and oxygen atoms in total. The standard InChI is InChI=1S/C13H14FNO4S/c1-9-6-11(14)2-3-13(9)20(17,18)15-7-12(16)10-4-5-19-8-10/h2-6,8,12,15-16H,7H2,1H3. The van der Waals surface area contributed by atoms with Gasteiger partial charge in [0, 0.05) is 12.1 Å². The molecule has 0 bridgehead atoms. The number of halogens is 1. The minimum Gasteiger partial charge on any atom is -0.472 e. The molecule has 0 saturated heterocycles. The molecule has 0 spiro atoms. The highest BCUT2D eigenvalue weighted by molar-refractivity contribution is 7.89. The second-order valence-corrected chi connectivity index (χ2v) is 6.07. The molecule has 0 aliphatic rings. The van der Waals surface area contributed by atoms with Gasteiger partial charge in [-0.05, 0) is 36.8 Å². The summed E-state index contributed by atoms with van der Waals surface area (Å²) >= 11 is 0. The Labute approximate surface area is 116 Å². The Balaban J connectivity index is 2.11. The van der Waals surface area contributed by atoms with Crippen LogP contribution in [0.5, 0.6) is 0 Å². The molecule has 0 aliphatic heterocycles. The van der Waals surface area contributed by atoms with Crippen molar-refractivity contribution in [1.29, 1.82) is 0 Å². The molecule has 20 heavy (non-hydrogen) atoms. The molecule has 0 fully saturated rings. The third-order valence-corrected chi connectivity index (χ3v) is 4.40. The van der Waals surface area contributed by atoms with E-state index in [1.165, 1.54) is 25.5 Å². The molecule has 2 rings (SSSR count). The number of rotatable bonds is 5. The number of hydrogen-bond donors (Lipinski definition) is 2. The van der Waals surface area contributed by atoms with E-state index in [-0.39, 0.29) is 11.4 Å². The van der Waals surface area contributed by atoms with E-state index in [9.17, 15) is 17.9 Å². The van der Waals surface area contributed by atoms with Gasteiger partial charge in [0.2, 0.25) is 10.0 Å². The lowest BCUT2D eigenvalue weighted by Gasteiger charge is -2.12. The van der Waals surface area contributed by atoms with Gasteiger partial charge in [-0.1, -0.05) is 0 Å². The number of nitrogens with one attached hydrogen (secondary N) is 1. The number of aliphatic hydroxyl groups is 1. The molecule has 1 heterocycles. The van der Waals surface area contributed by atoms with Gasteiger partial charge >= 0.3 is 0 Å². The Hall–Kier alpha value is -1.70. The molecule has 0 saturated carbocycles. The molecule has 0 radical (unpaired) electrons. The van der Waals surface area contributed by atoms with Crippen LogP contribution in [0.3, 0.4) is 0 Å². The largest absolute Gasteiger partial charge is 0.472 e. The van der Waals surface area contributed by atoms with Crippen LogP contribution >= 0.6 is 0 Å². The summed E-state index contributed by atoms with van der Waals surface area (Å²) in [5, 5.41) is 9.79. The van der Waals surface area contributed by atoms with Gasteiger partial charge in [-0.2, -0.15) is 0 Å². The highest BCUT2D eigenvalue weighted by Crippen LogP contribution is 2.17. The predicted molar refractivity (Wildman–Crippen MR) is 70.0 cm³/mol. The smallest absolute Gasteiger partial charge is 0.240 e. The topological polar surface area (TPSA) is 79.5 Å². The average molecular weight is 299 g/mol. The third-order valence-electron chi connectivity index (χ3n) is 2.82. The van der Waals surface area contributed by atoms with E-state index in [0.717, 1.165) is 12.1 Å². The molecule has 1 atom stereocenters. The lowest BCUT2D eigenvalue weighted by Crippen LogP contribution is -2.29. The second kappa shape index (κ2) is 5.74. The van der Waals surface area contributed by atoms with Gasteiger partial charge in [0.1, 0.15) is 5.82 Å². The Kier molecular flexibility index (Phi) is 4.22. The van der Waals surface area contributed by atoms with E-state index in [2.05, 4.69) is 4.72 Å². The molecule has 1 aromatic carbocycles. The zero-order valence-corrected chi connectivity index (χ0v) is 11.5. The zero-order chi connectivity index (χ0) is 14.8. The molecule has 2 aromatic rings. The Morgan fingerprint density at radius 2 is 2.15 bits per heavy atom. The number of aliphatic hydroxyl groups excluding tert-OH is 1. The van der Waals surface area contributed by atoms with Crippen molar-refractivity contribution in [1.82, 2.24) is 4.72 Å². The first kappa shape index (κ1) is 14.7. The van der Waals surface area contributed by atoms with Crippen LogP contribution in [0.15, 0.2) is 46.1 Å². The van der Waals surface area contributed by atoms with Gasteiger partial charge in [-0.25, -0.2) is 17.5 Å². The normalized spacial score (nSPS) is 13.3. The average Bonchev–Trinajstić information content (AvgIpc) is 2.89. The first-order valence-electron chi connectivity index (χ1n) is 5.86. The molecule has 7 heteroatoms. The molecule has 1 aromatic heterocycles. The van der Waals surface area contributed by atoms with Gasteiger partial charge in [-0.15, -0.1) is 0 Å². The number of benzene rings is 1. The Morgan fingerprint density at radius 3 is 2.75 bits per heavy atom. The van der Waals surface area contributed by atoms with E-state index in [4.69, 9.17) is 4.42 Å². The van der Waals surface area contributed by atoms with E-state index < -0.39 is 21.9 Å². The van der Waals surface area contributed by atoms with Crippen molar-refractivity contribution in [3.05, 3.63) is 53.7 Å².